The standard InChI is InChI=1S/C16H33NO2/c1-5-10-18-11-12-19-16(13-17)8-6-14(7-9-16)15(2,3)4/h14H,5-13,17H2,1-4H3. The summed E-state index contributed by atoms with van der Waals surface area (Å²) < 4.78 is 11.6. The number of nitrogens with two attached hydrogens (primary N) is 1. The van der Waals surface area contributed by atoms with Crippen LogP contribution in [0.2, 0.25) is 0 Å². The molecule has 3 nitrogen and oxygen atoms in total. The van der Waals surface area contributed by atoms with Crippen LogP contribution >= 0.6 is 0 Å². The SMILES string of the molecule is CCCOCCOC1(CN)CCC(C(C)(C)C)CC1. The van der Waals surface area contributed by atoms with Gasteiger partial charge >= 0.3 is 0 Å². The molecule has 3 heteroatoms. The highest BCUT2D eigenvalue weighted by Crippen LogP contribution is 2.42. The molecule has 0 heterocycles. The number of rotatable bonds is 7. The van der Waals surface area contributed by atoms with Gasteiger partial charge in [0.1, 0.15) is 0 Å². The van der Waals surface area contributed by atoms with Crippen LogP contribution in [0, 0.1) is 11.3 Å². The van der Waals surface area contributed by atoms with Gasteiger partial charge in [0.05, 0.1) is 18.8 Å². The number of hydrogen-bond donors (Lipinski definition) is 1. The van der Waals surface area contributed by atoms with Gasteiger partial charge in [-0.25, -0.2) is 0 Å². The predicted octanol–water partition coefficient (Wildman–Crippen LogP) is 3.36. The molecule has 0 aromatic rings. The van der Waals surface area contributed by atoms with Crippen LogP contribution in [-0.4, -0.2) is 32.0 Å². The van der Waals surface area contributed by atoms with E-state index in [1.165, 1.54) is 12.8 Å². The van der Waals surface area contributed by atoms with Crippen LogP contribution in [0.5, 0.6) is 0 Å². The molecule has 1 fully saturated rings. The van der Waals surface area contributed by atoms with Crippen molar-refractivity contribution in [2.45, 2.75) is 65.4 Å². The lowest BCUT2D eigenvalue weighted by atomic mass is 9.68. The first-order valence-electron chi connectivity index (χ1n) is 7.85. The topological polar surface area (TPSA) is 44.5 Å². The van der Waals surface area contributed by atoms with Gasteiger partial charge in [0, 0.05) is 13.2 Å². The molecule has 0 spiro atoms. The molecule has 1 rings (SSSR count). The third kappa shape index (κ3) is 5.41. The molecule has 1 aliphatic rings. The van der Waals surface area contributed by atoms with E-state index >= 15 is 0 Å². The summed E-state index contributed by atoms with van der Waals surface area (Å²) in [6.45, 7) is 12.0. The fraction of sp³-hybridized carbons (Fsp3) is 1.00. The van der Waals surface area contributed by atoms with Crippen LogP contribution in [-0.2, 0) is 9.47 Å². The maximum atomic E-state index is 6.08. The highest BCUT2D eigenvalue weighted by atomic mass is 16.5. The normalized spacial score (nSPS) is 28.6. The second kappa shape index (κ2) is 7.61. The monoisotopic (exact) mass is 271 g/mol. The van der Waals surface area contributed by atoms with Gasteiger partial charge in [-0.05, 0) is 43.4 Å². The first-order chi connectivity index (χ1) is 8.93. The lowest BCUT2D eigenvalue weighted by molar-refractivity contribution is -0.0948. The highest BCUT2D eigenvalue weighted by Gasteiger charge is 2.38. The van der Waals surface area contributed by atoms with E-state index in [1.54, 1.807) is 0 Å². The Balaban J connectivity index is 2.34. The lowest BCUT2D eigenvalue weighted by Gasteiger charge is -2.43. The van der Waals surface area contributed by atoms with Crippen LogP contribution in [0.1, 0.15) is 59.8 Å². The van der Waals surface area contributed by atoms with Gasteiger partial charge in [-0.15, -0.1) is 0 Å². The quantitative estimate of drug-likeness (QED) is 0.722. The van der Waals surface area contributed by atoms with Crippen molar-refractivity contribution >= 4 is 0 Å². The first kappa shape index (κ1) is 16.9. The van der Waals surface area contributed by atoms with Crippen LogP contribution in [0.15, 0.2) is 0 Å². The minimum Gasteiger partial charge on any atom is -0.379 e. The van der Waals surface area contributed by atoms with Crippen molar-refractivity contribution in [3.8, 4) is 0 Å². The Morgan fingerprint density at radius 2 is 1.74 bits per heavy atom. The van der Waals surface area contributed by atoms with E-state index < -0.39 is 0 Å². The molecule has 0 amide bonds. The average molecular weight is 271 g/mol. The second-order valence-electron chi connectivity index (χ2n) is 6.99. The third-order valence-corrected chi connectivity index (χ3v) is 4.48. The van der Waals surface area contributed by atoms with E-state index in [0.29, 0.717) is 25.2 Å². The maximum Gasteiger partial charge on any atom is 0.0805 e. The first-order valence-corrected chi connectivity index (χ1v) is 7.85. The summed E-state index contributed by atoms with van der Waals surface area (Å²) in [7, 11) is 0. The molecule has 0 bridgehead atoms. The molecule has 1 aliphatic carbocycles. The summed E-state index contributed by atoms with van der Waals surface area (Å²) in [4.78, 5) is 0. The molecule has 0 aliphatic heterocycles. The molecule has 1 saturated carbocycles. The molecular weight excluding hydrogens is 238 g/mol. The van der Waals surface area contributed by atoms with E-state index in [9.17, 15) is 0 Å². The Morgan fingerprint density at radius 3 is 2.21 bits per heavy atom. The van der Waals surface area contributed by atoms with Gasteiger partial charge < -0.3 is 15.2 Å². The Morgan fingerprint density at radius 1 is 1.11 bits per heavy atom. The van der Waals surface area contributed by atoms with Crippen LogP contribution in [0.3, 0.4) is 0 Å². The zero-order valence-corrected chi connectivity index (χ0v) is 13.3. The number of ether oxygens (including phenoxy) is 2. The Kier molecular flexibility index (Phi) is 6.78. The van der Waals surface area contributed by atoms with Crippen molar-refractivity contribution in [3.05, 3.63) is 0 Å². The van der Waals surface area contributed by atoms with Crippen molar-refractivity contribution in [1.82, 2.24) is 0 Å². The summed E-state index contributed by atoms with van der Waals surface area (Å²) in [6, 6.07) is 0. The fourth-order valence-electron chi connectivity index (χ4n) is 2.98. The van der Waals surface area contributed by atoms with Crippen molar-refractivity contribution in [2.24, 2.45) is 17.1 Å². The van der Waals surface area contributed by atoms with Crippen LogP contribution in [0.4, 0.5) is 0 Å². The zero-order valence-electron chi connectivity index (χ0n) is 13.3. The van der Waals surface area contributed by atoms with E-state index in [-0.39, 0.29) is 5.60 Å². The molecule has 0 aromatic carbocycles. The van der Waals surface area contributed by atoms with Crippen molar-refractivity contribution in [3.63, 3.8) is 0 Å². The van der Waals surface area contributed by atoms with Crippen LogP contribution < -0.4 is 5.73 Å². The lowest BCUT2D eigenvalue weighted by Crippen LogP contribution is -2.46. The van der Waals surface area contributed by atoms with Gasteiger partial charge in [0.2, 0.25) is 0 Å². The van der Waals surface area contributed by atoms with Gasteiger partial charge in [0.25, 0.3) is 0 Å². The van der Waals surface area contributed by atoms with E-state index in [0.717, 1.165) is 31.8 Å². The second-order valence-corrected chi connectivity index (χ2v) is 6.99. The van der Waals surface area contributed by atoms with Crippen molar-refractivity contribution in [2.75, 3.05) is 26.4 Å². The summed E-state index contributed by atoms with van der Waals surface area (Å²) >= 11 is 0. The Bertz CT molecular complexity index is 240. The average Bonchev–Trinajstić information content (AvgIpc) is 2.38. The zero-order chi connectivity index (χ0) is 14.4. The van der Waals surface area contributed by atoms with Gasteiger partial charge in [-0.3, -0.25) is 0 Å². The molecule has 0 saturated heterocycles. The summed E-state index contributed by atoms with van der Waals surface area (Å²) in [5.41, 5.74) is 6.29. The molecule has 0 atom stereocenters. The van der Waals surface area contributed by atoms with Gasteiger partial charge in [-0.1, -0.05) is 27.7 Å². The minimum absolute atomic E-state index is 0.0860. The maximum absolute atomic E-state index is 6.08. The molecule has 2 N–H and O–H groups in total. The van der Waals surface area contributed by atoms with Crippen molar-refractivity contribution < 1.29 is 9.47 Å². The highest BCUT2D eigenvalue weighted by molar-refractivity contribution is 4.91. The summed E-state index contributed by atoms with van der Waals surface area (Å²) in [5, 5.41) is 0. The largest absolute Gasteiger partial charge is 0.379 e. The Labute approximate surface area is 119 Å². The molecule has 0 unspecified atom stereocenters. The van der Waals surface area contributed by atoms with Gasteiger partial charge in [0.15, 0.2) is 0 Å². The minimum atomic E-state index is -0.0860. The van der Waals surface area contributed by atoms with E-state index in [1.807, 2.05) is 0 Å². The summed E-state index contributed by atoms with van der Waals surface area (Å²) in [5.74, 6) is 0.798. The van der Waals surface area contributed by atoms with E-state index in [2.05, 4.69) is 27.7 Å². The summed E-state index contributed by atoms with van der Waals surface area (Å²) in [6.07, 6.45) is 5.72. The third-order valence-electron chi connectivity index (χ3n) is 4.48. The van der Waals surface area contributed by atoms with Crippen molar-refractivity contribution in [1.29, 1.82) is 0 Å². The number of hydrogen-bond acceptors (Lipinski definition) is 3. The fourth-order valence-corrected chi connectivity index (χ4v) is 2.98. The van der Waals surface area contributed by atoms with Gasteiger partial charge in [-0.2, -0.15) is 0 Å². The van der Waals surface area contributed by atoms with E-state index in [4.69, 9.17) is 15.2 Å². The van der Waals surface area contributed by atoms with Crippen LogP contribution in [0.25, 0.3) is 0 Å². The molecular formula is C16H33NO2. The molecule has 0 radical (unpaired) electrons. The molecule has 114 valence electrons. The Hall–Kier alpha value is -0.120. The smallest absolute Gasteiger partial charge is 0.0805 e. The molecule has 19 heavy (non-hydrogen) atoms. The molecule has 0 aromatic heterocycles. The predicted molar refractivity (Wildman–Crippen MR) is 80.3 cm³/mol.